The molecule has 1 aromatic rings. The molecule has 0 spiro atoms. The molecule has 0 radical (unpaired) electrons. The molecule has 4 bridgehead atoms. The normalized spacial score (nSPS) is 35.5. The van der Waals surface area contributed by atoms with E-state index in [2.05, 4.69) is 37.4 Å². The molecule has 6 rings (SSSR count). The molecule has 144 valence electrons. The summed E-state index contributed by atoms with van der Waals surface area (Å²) in [6.45, 7) is 4.38. The zero-order valence-electron chi connectivity index (χ0n) is 17.0. The van der Waals surface area contributed by atoms with Gasteiger partial charge in [0, 0.05) is 30.1 Å². The van der Waals surface area contributed by atoms with Crippen LogP contribution in [0.4, 0.5) is 5.69 Å². The second-order valence-electron chi connectivity index (χ2n) is 10.5. The first-order valence-corrected chi connectivity index (χ1v) is 10.8. The fourth-order valence-electron chi connectivity index (χ4n) is 7.01. The van der Waals surface area contributed by atoms with Gasteiger partial charge >= 0.3 is 0 Å². The van der Waals surface area contributed by atoms with E-state index in [1.165, 1.54) is 30.4 Å². The van der Waals surface area contributed by atoms with Gasteiger partial charge in [0.25, 0.3) is 0 Å². The van der Waals surface area contributed by atoms with Crippen LogP contribution in [0.2, 0.25) is 0 Å². The predicted octanol–water partition coefficient (Wildman–Crippen LogP) is 5.03. The van der Waals surface area contributed by atoms with Crippen LogP contribution in [0.15, 0.2) is 23.2 Å². The van der Waals surface area contributed by atoms with Gasteiger partial charge in [-0.05, 0) is 94.2 Å². The number of aliphatic imine (C=N–C) groups is 1. The molecule has 1 aromatic carbocycles. The van der Waals surface area contributed by atoms with Gasteiger partial charge in [-0.1, -0.05) is 6.07 Å². The Labute approximate surface area is 163 Å². The Morgan fingerprint density at radius 3 is 2.33 bits per heavy atom. The summed E-state index contributed by atoms with van der Waals surface area (Å²) in [5, 5.41) is 3.24. The van der Waals surface area contributed by atoms with Gasteiger partial charge in [0.2, 0.25) is 0 Å². The molecule has 0 atom stereocenters. The molecule has 4 saturated carbocycles. The van der Waals surface area contributed by atoms with Gasteiger partial charge in [-0.25, -0.2) is 0 Å². The van der Waals surface area contributed by atoms with Crippen molar-refractivity contribution < 1.29 is 4.79 Å². The molecule has 5 aliphatic rings. The van der Waals surface area contributed by atoms with Crippen molar-refractivity contribution in [3.8, 4) is 0 Å². The van der Waals surface area contributed by atoms with E-state index in [4.69, 9.17) is 4.99 Å². The highest BCUT2D eigenvalue weighted by molar-refractivity contribution is 6.14. The number of carbonyl (C=O) groups excluding carboxylic acids is 1. The molecular weight excluding hydrogens is 332 g/mol. The van der Waals surface area contributed by atoms with E-state index in [0.717, 1.165) is 54.8 Å². The van der Waals surface area contributed by atoms with Crippen molar-refractivity contribution >= 4 is 17.2 Å². The summed E-state index contributed by atoms with van der Waals surface area (Å²) >= 11 is 0. The Hall–Kier alpha value is -1.64. The maximum atomic E-state index is 13.6. The Morgan fingerprint density at radius 1 is 1.11 bits per heavy atom. The van der Waals surface area contributed by atoms with E-state index in [0.29, 0.717) is 12.2 Å². The molecule has 4 fully saturated rings. The number of anilines is 1. The number of benzene rings is 1. The molecule has 1 aliphatic heterocycles. The Kier molecular flexibility index (Phi) is 3.83. The minimum atomic E-state index is -0.120. The van der Waals surface area contributed by atoms with Crippen LogP contribution < -0.4 is 5.32 Å². The maximum Gasteiger partial charge on any atom is 0.145 e. The van der Waals surface area contributed by atoms with Gasteiger partial charge in [-0.3, -0.25) is 9.79 Å². The van der Waals surface area contributed by atoms with Gasteiger partial charge in [-0.15, -0.1) is 0 Å². The molecule has 1 heterocycles. The van der Waals surface area contributed by atoms with Crippen molar-refractivity contribution in [2.75, 3.05) is 12.4 Å². The molecule has 3 heteroatoms. The van der Waals surface area contributed by atoms with Crippen LogP contribution in [0.3, 0.4) is 0 Å². The number of hydrogen-bond donors (Lipinski definition) is 1. The van der Waals surface area contributed by atoms with E-state index in [-0.39, 0.29) is 11.0 Å². The number of Topliss-reactive ketones (excluding diaryl/α,β-unsaturated/α-hetero) is 1. The standard InChI is InChI=1S/C24H32N2O/c1-23(2)14-18-4-5-19(25-3)9-20(18)21(26-23)10-22(27)24-11-15-6-16(12-24)8-17(7-15)13-24/h4-5,9,15-17,25H,6-8,10-14H2,1-3H3. The highest BCUT2D eigenvalue weighted by Crippen LogP contribution is 2.60. The first kappa shape index (κ1) is 17.5. The van der Waals surface area contributed by atoms with Crippen LogP contribution in [0.25, 0.3) is 0 Å². The molecular formula is C24H32N2O. The van der Waals surface area contributed by atoms with Crippen molar-refractivity contribution in [3.05, 3.63) is 29.3 Å². The second kappa shape index (κ2) is 5.93. The lowest BCUT2D eigenvalue weighted by Crippen LogP contribution is -2.50. The zero-order chi connectivity index (χ0) is 18.8. The number of hydrogen-bond acceptors (Lipinski definition) is 3. The first-order chi connectivity index (χ1) is 12.9. The topological polar surface area (TPSA) is 41.5 Å². The summed E-state index contributed by atoms with van der Waals surface area (Å²) in [7, 11) is 1.95. The summed E-state index contributed by atoms with van der Waals surface area (Å²) in [6, 6.07) is 6.54. The fraction of sp³-hybridized carbons (Fsp3) is 0.667. The van der Waals surface area contributed by atoms with Crippen LogP contribution in [-0.4, -0.2) is 24.1 Å². The van der Waals surface area contributed by atoms with Crippen LogP contribution in [0.5, 0.6) is 0 Å². The lowest BCUT2D eigenvalue weighted by Gasteiger charge is -2.56. The quantitative estimate of drug-likeness (QED) is 0.814. The number of nitrogens with zero attached hydrogens (tertiary/aromatic N) is 1. The third kappa shape index (κ3) is 2.94. The molecule has 0 unspecified atom stereocenters. The molecule has 0 saturated heterocycles. The van der Waals surface area contributed by atoms with Crippen LogP contribution in [0, 0.1) is 23.2 Å². The van der Waals surface area contributed by atoms with Crippen molar-refractivity contribution in [1.29, 1.82) is 0 Å². The van der Waals surface area contributed by atoms with Crippen LogP contribution in [0.1, 0.15) is 69.9 Å². The molecule has 4 aliphatic carbocycles. The average Bonchev–Trinajstić information content (AvgIpc) is 2.59. The number of fused-ring (bicyclic) bond motifs is 1. The van der Waals surface area contributed by atoms with Crippen LogP contribution >= 0.6 is 0 Å². The molecule has 0 aromatic heterocycles. The summed E-state index contributed by atoms with van der Waals surface area (Å²) in [4.78, 5) is 18.7. The van der Waals surface area contributed by atoms with E-state index in [1.807, 2.05) is 7.05 Å². The van der Waals surface area contributed by atoms with Gasteiger partial charge in [0.1, 0.15) is 5.78 Å². The Morgan fingerprint density at radius 2 is 1.74 bits per heavy atom. The van der Waals surface area contributed by atoms with Gasteiger partial charge < -0.3 is 5.32 Å². The molecule has 27 heavy (non-hydrogen) atoms. The van der Waals surface area contributed by atoms with Crippen LogP contribution in [-0.2, 0) is 11.2 Å². The summed E-state index contributed by atoms with van der Waals surface area (Å²) < 4.78 is 0. The highest BCUT2D eigenvalue weighted by Gasteiger charge is 2.54. The first-order valence-electron chi connectivity index (χ1n) is 10.8. The maximum absolute atomic E-state index is 13.6. The van der Waals surface area contributed by atoms with E-state index >= 15 is 0 Å². The van der Waals surface area contributed by atoms with Crippen molar-refractivity contribution in [3.63, 3.8) is 0 Å². The van der Waals surface area contributed by atoms with E-state index in [9.17, 15) is 4.79 Å². The second-order valence-corrected chi connectivity index (χ2v) is 10.5. The monoisotopic (exact) mass is 364 g/mol. The number of nitrogens with one attached hydrogen (secondary N) is 1. The van der Waals surface area contributed by atoms with Gasteiger partial charge in [-0.2, -0.15) is 0 Å². The summed E-state index contributed by atoms with van der Waals surface area (Å²) in [5.74, 6) is 2.92. The largest absolute Gasteiger partial charge is 0.388 e. The van der Waals surface area contributed by atoms with Gasteiger partial charge in [0.05, 0.1) is 11.3 Å². The minimum absolute atomic E-state index is 0.0281. The predicted molar refractivity (Wildman–Crippen MR) is 111 cm³/mol. The van der Waals surface area contributed by atoms with Crippen molar-refractivity contribution in [2.24, 2.45) is 28.2 Å². The molecule has 0 amide bonds. The number of rotatable bonds is 4. The number of ketones is 1. The van der Waals surface area contributed by atoms with Gasteiger partial charge in [0.15, 0.2) is 0 Å². The third-order valence-corrected chi connectivity index (χ3v) is 7.73. The number of carbonyl (C=O) groups is 1. The van der Waals surface area contributed by atoms with E-state index in [1.54, 1.807) is 0 Å². The summed E-state index contributed by atoms with van der Waals surface area (Å²) in [5.41, 5.74) is 4.51. The lowest BCUT2D eigenvalue weighted by atomic mass is 9.48. The molecule has 3 nitrogen and oxygen atoms in total. The van der Waals surface area contributed by atoms with E-state index < -0.39 is 0 Å². The zero-order valence-corrected chi connectivity index (χ0v) is 17.0. The smallest absolute Gasteiger partial charge is 0.145 e. The molecule has 1 N–H and O–H groups in total. The highest BCUT2D eigenvalue weighted by atomic mass is 16.1. The SMILES string of the molecule is CNc1ccc2c(c1)C(CC(=O)C13CC4CC(CC(C4)C1)C3)=NC(C)(C)C2. The van der Waals surface area contributed by atoms with Crippen molar-refractivity contribution in [2.45, 2.75) is 70.8 Å². The minimum Gasteiger partial charge on any atom is -0.388 e. The lowest BCUT2D eigenvalue weighted by molar-refractivity contribution is -0.142. The Bertz CT molecular complexity index is 784. The summed E-state index contributed by atoms with van der Waals surface area (Å²) in [6.07, 6.45) is 9.07. The fourth-order valence-corrected chi connectivity index (χ4v) is 7.01. The van der Waals surface area contributed by atoms with Crippen molar-refractivity contribution in [1.82, 2.24) is 0 Å². The average molecular weight is 365 g/mol. The third-order valence-electron chi connectivity index (χ3n) is 7.73. The Balaban J connectivity index is 1.46.